The molecule has 4 nitrogen and oxygen atoms in total. The zero-order valence-corrected chi connectivity index (χ0v) is 13.9. The number of amides is 1. The van der Waals surface area contributed by atoms with Crippen LogP contribution < -0.4 is 0 Å². The van der Waals surface area contributed by atoms with E-state index in [2.05, 4.69) is 29.2 Å². The second kappa shape index (κ2) is 7.45. The number of carbonyl (C=O) groups excluding carboxylic acids is 1. The van der Waals surface area contributed by atoms with Gasteiger partial charge in [0.05, 0.1) is 5.60 Å². The predicted octanol–water partition coefficient (Wildman–Crippen LogP) is 2.42. The lowest BCUT2D eigenvalue weighted by molar-refractivity contribution is -0.127. The normalized spacial score (nSPS) is 20.6. The molecule has 1 N–H and O–H groups in total. The standard InChI is InChI=1S/C19H28N2O2/c22-18-9-6-12-21(18)14-13-20(15-17-7-2-1-3-8-17)16-19(23)10-4-5-11-19/h1-3,7-8,23H,4-6,9-16H2. The molecule has 1 saturated carbocycles. The van der Waals surface area contributed by atoms with Gasteiger partial charge in [-0.15, -0.1) is 0 Å². The molecule has 3 rings (SSSR count). The summed E-state index contributed by atoms with van der Waals surface area (Å²) in [5.74, 6) is 0.282. The summed E-state index contributed by atoms with van der Waals surface area (Å²) >= 11 is 0. The Balaban J connectivity index is 1.61. The lowest BCUT2D eigenvalue weighted by Crippen LogP contribution is -2.44. The molecule has 1 aliphatic carbocycles. The summed E-state index contributed by atoms with van der Waals surface area (Å²) < 4.78 is 0. The average molecular weight is 316 g/mol. The highest BCUT2D eigenvalue weighted by Crippen LogP contribution is 2.30. The molecule has 0 atom stereocenters. The van der Waals surface area contributed by atoms with E-state index in [1.807, 2.05) is 11.0 Å². The first kappa shape index (κ1) is 16.5. The Kier molecular flexibility index (Phi) is 5.34. The molecule has 0 unspecified atom stereocenters. The topological polar surface area (TPSA) is 43.8 Å². The van der Waals surface area contributed by atoms with E-state index in [0.717, 1.165) is 58.3 Å². The second-order valence-corrected chi connectivity index (χ2v) is 7.11. The van der Waals surface area contributed by atoms with E-state index in [1.165, 1.54) is 5.56 Å². The molecule has 2 fully saturated rings. The molecular formula is C19H28N2O2. The maximum atomic E-state index is 11.8. The maximum absolute atomic E-state index is 11.8. The Morgan fingerprint density at radius 3 is 2.52 bits per heavy atom. The molecule has 23 heavy (non-hydrogen) atoms. The number of nitrogens with zero attached hydrogens (tertiary/aromatic N) is 2. The summed E-state index contributed by atoms with van der Waals surface area (Å²) in [6.07, 6.45) is 5.74. The fraction of sp³-hybridized carbons (Fsp3) is 0.632. The molecule has 0 aromatic heterocycles. The molecule has 4 heteroatoms. The van der Waals surface area contributed by atoms with Gasteiger partial charge in [0.25, 0.3) is 0 Å². The van der Waals surface area contributed by atoms with Crippen molar-refractivity contribution in [2.75, 3.05) is 26.2 Å². The largest absolute Gasteiger partial charge is 0.389 e. The average Bonchev–Trinajstić information content (AvgIpc) is 3.15. The smallest absolute Gasteiger partial charge is 0.222 e. The Hall–Kier alpha value is -1.39. The van der Waals surface area contributed by atoms with Crippen molar-refractivity contribution in [1.82, 2.24) is 9.80 Å². The lowest BCUT2D eigenvalue weighted by atomic mass is 10.0. The molecule has 1 aromatic carbocycles. The summed E-state index contributed by atoms with van der Waals surface area (Å²) in [5, 5.41) is 10.8. The Morgan fingerprint density at radius 2 is 1.87 bits per heavy atom. The maximum Gasteiger partial charge on any atom is 0.222 e. The van der Waals surface area contributed by atoms with Crippen LogP contribution in [0, 0.1) is 0 Å². The van der Waals surface area contributed by atoms with Crippen molar-refractivity contribution in [3.63, 3.8) is 0 Å². The highest BCUT2D eigenvalue weighted by molar-refractivity contribution is 5.78. The molecular weight excluding hydrogens is 288 g/mol. The number of hydrogen-bond acceptors (Lipinski definition) is 3. The van der Waals surface area contributed by atoms with E-state index < -0.39 is 5.60 Å². The number of benzene rings is 1. The van der Waals surface area contributed by atoms with Crippen LogP contribution in [0.3, 0.4) is 0 Å². The van der Waals surface area contributed by atoms with Crippen molar-refractivity contribution in [2.45, 2.75) is 50.7 Å². The molecule has 126 valence electrons. The van der Waals surface area contributed by atoms with Gasteiger partial charge in [-0.25, -0.2) is 0 Å². The highest BCUT2D eigenvalue weighted by atomic mass is 16.3. The summed E-state index contributed by atoms with van der Waals surface area (Å²) in [7, 11) is 0. The predicted molar refractivity (Wildman–Crippen MR) is 91.0 cm³/mol. The van der Waals surface area contributed by atoms with Crippen molar-refractivity contribution in [3.05, 3.63) is 35.9 Å². The van der Waals surface area contributed by atoms with Crippen molar-refractivity contribution >= 4 is 5.91 Å². The first-order valence-electron chi connectivity index (χ1n) is 8.91. The first-order chi connectivity index (χ1) is 11.1. The van der Waals surface area contributed by atoms with Gasteiger partial charge in [0.15, 0.2) is 0 Å². The summed E-state index contributed by atoms with van der Waals surface area (Å²) in [5.41, 5.74) is 0.728. The fourth-order valence-electron chi connectivity index (χ4n) is 3.87. The molecule has 1 saturated heterocycles. The van der Waals surface area contributed by atoms with E-state index in [0.29, 0.717) is 13.0 Å². The molecule has 0 radical (unpaired) electrons. The van der Waals surface area contributed by atoms with Crippen LogP contribution in [0.25, 0.3) is 0 Å². The van der Waals surface area contributed by atoms with Crippen LogP contribution in [0.1, 0.15) is 44.1 Å². The highest BCUT2D eigenvalue weighted by Gasteiger charge is 2.33. The van der Waals surface area contributed by atoms with Crippen LogP contribution in [0.15, 0.2) is 30.3 Å². The van der Waals surface area contributed by atoms with Crippen LogP contribution in [0.2, 0.25) is 0 Å². The van der Waals surface area contributed by atoms with Crippen LogP contribution in [0.4, 0.5) is 0 Å². The minimum atomic E-state index is -0.538. The Labute approximate surface area is 139 Å². The van der Waals surface area contributed by atoms with Crippen LogP contribution in [0.5, 0.6) is 0 Å². The third kappa shape index (κ3) is 4.55. The third-order valence-electron chi connectivity index (χ3n) is 5.16. The zero-order chi connectivity index (χ0) is 16.1. The van der Waals surface area contributed by atoms with E-state index in [4.69, 9.17) is 0 Å². The SMILES string of the molecule is O=C1CCCN1CCN(Cc1ccccc1)CC1(O)CCCC1. The first-order valence-corrected chi connectivity index (χ1v) is 8.91. The molecule has 0 bridgehead atoms. The van der Waals surface area contributed by atoms with E-state index in [9.17, 15) is 9.90 Å². The van der Waals surface area contributed by atoms with Gasteiger partial charge >= 0.3 is 0 Å². The van der Waals surface area contributed by atoms with E-state index in [1.54, 1.807) is 0 Å². The Bertz CT molecular complexity index is 511. The number of rotatable bonds is 7. The monoisotopic (exact) mass is 316 g/mol. The van der Waals surface area contributed by atoms with Crippen LogP contribution >= 0.6 is 0 Å². The third-order valence-corrected chi connectivity index (χ3v) is 5.16. The minimum Gasteiger partial charge on any atom is -0.389 e. The molecule has 1 amide bonds. The quantitative estimate of drug-likeness (QED) is 0.840. The van der Waals surface area contributed by atoms with Crippen molar-refractivity contribution in [1.29, 1.82) is 0 Å². The van der Waals surface area contributed by atoms with Gasteiger partial charge in [0, 0.05) is 39.1 Å². The summed E-state index contributed by atoms with van der Waals surface area (Å²) in [6, 6.07) is 10.4. The minimum absolute atomic E-state index is 0.282. The van der Waals surface area contributed by atoms with Crippen LogP contribution in [-0.4, -0.2) is 52.6 Å². The number of carbonyl (C=O) groups is 1. The molecule has 1 aliphatic heterocycles. The van der Waals surface area contributed by atoms with Crippen molar-refractivity contribution < 1.29 is 9.90 Å². The van der Waals surface area contributed by atoms with Crippen molar-refractivity contribution in [2.24, 2.45) is 0 Å². The van der Waals surface area contributed by atoms with Crippen LogP contribution in [-0.2, 0) is 11.3 Å². The van der Waals surface area contributed by atoms with Gasteiger partial charge in [-0.05, 0) is 24.8 Å². The van der Waals surface area contributed by atoms with Gasteiger partial charge in [-0.3, -0.25) is 9.69 Å². The lowest BCUT2D eigenvalue weighted by Gasteiger charge is -2.32. The molecule has 1 heterocycles. The van der Waals surface area contributed by atoms with Gasteiger partial charge in [-0.1, -0.05) is 43.2 Å². The Morgan fingerprint density at radius 1 is 1.13 bits per heavy atom. The van der Waals surface area contributed by atoms with Crippen molar-refractivity contribution in [3.8, 4) is 0 Å². The zero-order valence-electron chi connectivity index (χ0n) is 13.9. The van der Waals surface area contributed by atoms with E-state index in [-0.39, 0.29) is 5.91 Å². The fourth-order valence-corrected chi connectivity index (χ4v) is 3.87. The van der Waals surface area contributed by atoms with Gasteiger partial charge in [0.2, 0.25) is 5.91 Å². The number of aliphatic hydroxyl groups is 1. The summed E-state index contributed by atoms with van der Waals surface area (Å²) in [4.78, 5) is 16.1. The van der Waals surface area contributed by atoms with Gasteiger partial charge in [0.1, 0.15) is 0 Å². The van der Waals surface area contributed by atoms with Gasteiger partial charge < -0.3 is 10.0 Å². The molecule has 1 aromatic rings. The van der Waals surface area contributed by atoms with Gasteiger partial charge in [-0.2, -0.15) is 0 Å². The number of hydrogen-bond donors (Lipinski definition) is 1. The summed E-state index contributed by atoms with van der Waals surface area (Å²) in [6.45, 7) is 4.06. The van der Waals surface area contributed by atoms with E-state index >= 15 is 0 Å². The molecule has 0 spiro atoms. The molecule has 2 aliphatic rings. The second-order valence-electron chi connectivity index (χ2n) is 7.11. The number of likely N-dealkylation sites (tertiary alicyclic amines) is 1.